The average Bonchev–Trinajstić information content (AvgIpc) is 0.740. The van der Waals surface area contributed by atoms with Crippen LogP contribution in [0.2, 0.25) is 0 Å². The van der Waals surface area contributed by atoms with Crippen LogP contribution >= 0.6 is 11.8 Å². The number of rotatable bonds is 12. The predicted molar refractivity (Wildman–Crippen MR) is 528 cm³/mol. The lowest BCUT2D eigenvalue weighted by Gasteiger charge is -2.40. The van der Waals surface area contributed by atoms with Crippen LogP contribution in [0.4, 0.5) is 28.4 Å². The number of nitrogens with one attached hydrogen (secondary N) is 5. The van der Waals surface area contributed by atoms with Gasteiger partial charge in [-0.15, -0.1) is 0 Å². The van der Waals surface area contributed by atoms with E-state index in [4.69, 9.17) is 0 Å². The fraction of sp³-hybridized carbons (Fsp3) is 0.222. The van der Waals surface area contributed by atoms with Gasteiger partial charge in [0.1, 0.15) is 0 Å². The van der Waals surface area contributed by atoms with Crippen molar-refractivity contribution in [3.05, 3.63) is 472 Å². The van der Waals surface area contributed by atoms with Gasteiger partial charge in [0, 0.05) is 72.5 Å². The molecule has 0 unspecified atom stereocenters. The highest BCUT2D eigenvalue weighted by molar-refractivity contribution is 8.02. The van der Waals surface area contributed by atoms with E-state index in [-0.39, 0.29) is 45.8 Å². The van der Waals surface area contributed by atoms with Crippen LogP contribution in [0, 0.1) is 55.4 Å². The first-order chi connectivity index (χ1) is 61.9. The molecule has 2 spiro atoms. The summed E-state index contributed by atoms with van der Waals surface area (Å²) in [6.07, 6.45) is 12.2. The van der Waals surface area contributed by atoms with E-state index in [9.17, 15) is 24.0 Å². The highest BCUT2D eigenvalue weighted by Gasteiger charge is 2.43. The number of hydrogen-bond acceptors (Lipinski definition) is 6. The van der Waals surface area contributed by atoms with Crippen molar-refractivity contribution in [1.82, 2.24) is 0 Å². The van der Waals surface area contributed by atoms with Crippen LogP contribution in [-0.2, 0) is 31.9 Å². The minimum Gasteiger partial charge on any atom is -0.322 e. The third kappa shape index (κ3) is 17.8. The number of thioether (sulfide) groups is 1. The second kappa shape index (κ2) is 37.6. The van der Waals surface area contributed by atoms with Crippen LogP contribution in [0.25, 0.3) is 0 Å². The summed E-state index contributed by atoms with van der Waals surface area (Å²) in [4.78, 5) is 71.5. The van der Waals surface area contributed by atoms with E-state index in [1.165, 1.54) is 85.8 Å². The van der Waals surface area contributed by atoms with Crippen molar-refractivity contribution in [2.75, 3.05) is 26.6 Å². The van der Waals surface area contributed by atoms with E-state index in [0.717, 1.165) is 140 Å². The molecule has 10 nitrogen and oxygen atoms in total. The molecule has 2 fully saturated rings. The van der Waals surface area contributed by atoms with Gasteiger partial charge in [-0.1, -0.05) is 332 Å². The second-order valence-electron chi connectivity index (χ2n) is 36.4. The van der Waals surface area contributed by atoms with Crippen LogP contribution < -0.4 is 26.6 Å². The summed E-state index contributed by atoms with van der Waals surface area (Å²) in [5.74, 6) is -1.26. The van der Waals surface area contributed by atoms with E-state index in [1.807, 2.05) is 29.7 Å². The molecular weight excluding hydrogens is 1590 g/mol. The molecule has 0 saturated heterocycles. The Balaban J connectivity index is 0.000000194. The van der Waals surface area contributed by atoms with Crippen molar-refractivity contribution in [2.45, 2.75) is 172 Å². The third-order valence-corrected chi connectivity index (χ3v) is 27.8. The Labute approximate surface area is 759 Å². The maximum atomic E-state index is 14.5. The number of carbonyl (C=O) groups is 5. The quantitative estimate of drug-likeness (QED) is 0.0468. The van der Waals surface area contributed by atoms with Crippen LogP contribution in [0.1, 0.15) is 243 Å². The van der Waals surface area contributed by atoms with Crippen molar-refractivity contribution in [3.8, 4) is 0 Å². The van der Waals surface area contributed by atoms with Crippen molar-refractivity contribution < 1.29 is 24.0 Å². The van der Waals surface area contributed by atoms with Gasteiger partial charge >= 0.3 is 0 Å². The Morgan fingerprint density at radius 2 is 0.555 bits per heavy atom. The zero-order valence-corrected chi connectivity index (χ0v) is 76.1. The van der Waals surface area contributed by atoms with Gasteiger partial charge in [0.2, 0.25) is 5.91 Å². The summed E-state index contributed by atoms with van der Waals surface area (Å²) in [6, 6.07) is 111. The number of amides is 5. The molecule has 2 saturated carbocycles. The molecule has 11 heteroatoms. The molecule has 642 valence electrons. The molecule has 12 aliphatic rings. The van der Waals surface area contributed by atoms with Gasteiger partial charge in [0.15, 0.2) is 0 Å². The van der Waals surface area contributed by atoms with Gasteiger partial charge in [-0.2, -0.15) is 0 Å². The van der Waals surface area contributed by atoms with Gasteiger partial charge in [0.05, 0.1) is 10.8 Å². The summed E-state index contributed by atoms with van der Waals surface area (Å²) in [7, 11) is 0. The predicted octanol–water partition coefficient (Wildman–Crippen LogP) is 28.0. The average molecular weight is 1700 g/mol. The molecule has 26 rings (SSSR count). The molecule has 2 aliphatic carbocycles. The van der Waals surface area contributed by atoms with Gasteiger partial charge < -0.3 is 26.6 Å². The lowest BCUT2D eigenvalue weighted by molar-refractivity contribution is -0.111. The molecule has 5 amide bonds. The molecule has 128 heavy (non-hydrogen) atoms. The standard InChI is InChI=1S/C64H72N4O4.C53H41NOS/c1-37-25-50-26-38(2)54(37)65-58(69)45-19-18-20-46(33-45)59(70)66-55-39(3)27-51(28-40(55)4)64(23-16-13-17-24-64)53-31-43(7)57(44(8)32-53)68-61(72)48-34-47(35-49(36-48)62(9,10)11)60(71)67-56-41(5)29-52(30-42(56)6)63(50)21-14-12-15-22-63;55-51(54-49-35-31-47(32-36-49)52(41-19-7-1-8-20-41,42-21-9-2-10-22-42)43-23-11-3-12-24-43)39-40-56-50-37-33-48(34-38-50)53(44-25-13-4-14-26-44,45-27-15-5-16-28-45)46-29-17-6-18-30-46/h18-20,25-36H,12-17,21-24H2,1-11H3,(H,65,69)(H,66,70)(H,67,71)(H,68,72);1-40H,(H,54,55)/b;40-39-. The minimum absolute atomic E-state index is 0.182. The van der Waals surface area contributed by atoms with Gasteiger partial charge in [-0.3, -0.25) is 24.0 Å². The second-order valence-corrected chi connectivity index (χ2v) is 37.4. The minimum atomic E-state index is -0.540. The molecule has 14 aromatic rings. The Kier molecular flexibility index (Phi) is 25.8. The first-order valence-electron chi connectivity index (χ1n) is 45.0. The van der Waals surface area contributed by atoms with Crippen molar-refractivity contribution in [3.63, 3.8) is 0 Å². The van der Waals surface area contributed by atoms with Crippen molar-refractivity contribution in [2.24, 2.45) is 0 Å². The molecule has 5 N–H and O–H groups in total. The number of hydrogen-bond donors (Lipinski definition) is 5. The largest absolute Gasteiger partial charge is 0.322 e. The molecule has 0 atom stereocenters. The highest BCUT2D eigenvalue weighted by Crippen LogP contribution is 2.52. The van der Waals surface area contributed by atoms with Crippen molar-refractivity contribution >= 4 is 69.7 Å². The summed E-state index contributed by atoms with van der Waals surface area (Å²) in [6.45, 7) is 22.8. The molecule has 0 aromatic heterocycles. The van der Waals surface area contributed by atoms with Crippen LogP contribution in [-0.4, -0.2) is 29.5 Å². The Hall–Kier alpha value is -13.5. The van der Waals surface area contributed by atoms with E-state index >= 15 is 0 Å². The zero-order chi connectivity index (χ0) is 89.5. The normalized spacial score (nSPS) is 14.7. The van der Waals surface area contributed by atoms with E-state index in [2.05, 4.69) is 370 Å². The van der Waals surface area contributed by atoms with E-state index < -0.39 is 10.8 Å². The Morgan fingerprint density at radius 1 is 0.297 bits per heavy atom. The molecule has 0 radical (unpaired) electrons. The maximum Gasteiger partial charge on any atom is 0.255 e. The maximum absolute atomic E-state index is 14.5. The number of anilines is 5. The zero-order valence-electron chi connectivity index (χ0n) is 75.3. The summed E-state index contributed by atoms with van der Waals surface area (Å²) in [5, 5.41) is 17.9. The third-order valence-electron chi connectivity index (χ3n) is 27.0. The van der Waals surface area contributed by atoms with Crippen LogP contribution in [0.3, 0.4) is 0 Å². The smallest absolute Gasteiger partial charge is 0.255 e. The first kappa shape index (κ1) is 88.0. The Morgan fingerprint density at radius 3 is 0.836 bits per heavy atom. The van der Waals surface area contributed by atoms with Crippen molar-refractivity contribution in [1.29, 1.82) is 0 Å². The molecular formula is C117H113N5O5S. The van der Waals surface area contributed by atoms with Gasteiger partial charge in [0.25, 0.3) is 23.6 Å². The number of carbonyl (C=O) groups excluding carboxylic acids is 5. The Bertz CT molecular complexity index is 5980. The van der Waals surface area contributed by atoms with E-state index in [1.54, 1.807) is 36.4 Å². The fourth-order valence-electron chi connectivity index (χ4n) is 20.5. The SMILES string of the molecule is Cc1cc2cc(C)c1NC(=O)c1cccc(c1)C(=O)Nc1c(C)cc(cc1C)C1(CCCCC1)c1cc(C)c(c(C)c1)NC(=O)c1cc(cc(C(C)(C)C)c1)C(=O)Nc1c(C)cc(cc1C)C21CCCCC1.O=C(/C=C\Sc1ccc(C(c2ccccc2)(c2ccccc2)c2ccccc2)cc1)Nc1ccc(C(c2ccccc2)(c2ccccc2)c2ccccc2)cc1. The fourth-order valence-corrected chi connectivity index (χ4v) is 21.1. The molecule has 12 bridgehead atoms. The topological polar surface area (TPSA) is 146 Å². The van der Waals surface area contributed by atoms with Crippen LogP contribution in [0.5, 0.6) is 0 Å². The summed E-state index contributed by atoms with van der Waals surface area (Å²) < 4.78 is 0. The first-order valence-corrected chi connectivity index (χ1v) is 45.9. The number of benzene rings is 14. The molecule has 14 aromatic carbocycles. The number of aryl methyl sites for hydroxylation is 8. The lowest BCUT2D eigenvalue weighted by Crippen LogP contribution is -2.31. The van der Waals surface area contributed by atoms with E-state index in [0.29, 0.717) is 22.3 Å². The van der Waals surface area contributed by atoms with Gasteiger partial charge in [-0.25, -0.2) is 0 Å². The molecule has 10 heterocycles. The monoisotopic (exact) mass is 1700 g/mol. The highest BCUT2D eigenvalue weighted by atomic mass is 32.2. The summed E-state index contributed by atoms with van der Waals surface area (Å²) >= 11 is 1.52. The summed E-state index contributed by atoms with van der Waals surface area (Å²) in [5.41, 5.74) is 26.5. The lowest BCUT2D eigenvalue weighted by atomic mass is 9.64. The van der Waals surface area contributed by atoms with Crippen LogP contribution in [0.15, 0.2) is 338 Å². The molecule has 10 aliphatic heterocycles. The van der Waals surface area contributed by atoms with Gasteiger partial charge in [-0.05, 0) is 269 Å².